The van der Waals surface area contributed by atoms with E-state index in [-0.39, 0.29) is 0 Å². The zero-order chi connectivity index (χ0) is 12.9. The summed E-state index contributed by atoms with van der Waals surface area (Å²) >= 11 is 0. The van der Waals surface area contributed by atoms with Gasteiger partial charge in [-0.25, -0.2) is 4.98 Å². The minimum atomic E-state index is -0.702. The van der Waals surface area contributed by atoms with Crippen molar-refractivity contribution in [3.05, 3.63) is 11.8 Å². The van der Waals surface area contributed by atoms with Crippen LogP contribution in [0.2, 0.25) is 0 Å². The molecule has 0 radical (unpaired) electrons. The summed E-state index contributed by atoms with van der Waals surface area (Å²) < 4.78 is 0. The fourth-order valence-electron chi connectivity index (χ4n) is 1.64. The summed E-state index contributed by atoms with van der Waals surface area (Å²) in [4.78, 5) is 8.42. The van der Waals surface area contributed by atoms with Gasteiger partial charge in [0.15, 0.2) is 0 Å². The molecule has 0 aliphatic heterocycles. The molecule has 1 unspecified atom stereocenters. The average Bonchev–Trinajstić information content (AvgIpc) is 2.28. The normalized spacial score (nSPS) is 14.2. The van der Waals surface area contributed by atoms with Gasteiger partial charge in [-0.2, -0.15) is 4.98 Å². The van der Waals surface area contributed by atoms with E-state index < -0.39 is 5.60 Å². The summed E-state index contributed by atoms with van der Waals surface area (Å²) in [5, 5.41) is 16.1. The van der Waals surface area contributed by atoms with Crippen molar-refractivity contribution in [1.82, 2.24) is 9.97 Å². The second-order valence-electron chi connectivity index (χ2n) is 4.58. The first kappa shape index (κ1) is 13.7. The third kappa shape index (κ3) is 4.19. The third-order valence-electron chi connectivity index (χ3n) is 2.62. The molecule has 1 heterocycles. The van der Waals surface area contributed by atoms with Gasteiger partial charge in [0, 0.05) is 25.4 Å². The second-order valence-corrected chi connectivity index (χ2v) is 4.58. The van der Waals surface area contributed by atoms with E-state index in [4.69, 9.17) is 0 Å². The van der Waals surface area contributed by atoms with Crippen LogP contribution in [0.25, 0.3) is 0 Å². The van der Waals surface area contributed by atoms with E-state index in [9.17, 15) is 5.11 Å². The Morgan fingerprint density at radius 2 is 2.18 bits per heavy atom. The van der Waals surface area contributed by atoms with Crippen molar-refractivity contribution in [2.45, 2.75) is 39.2 Å². The van der Waals surface area contributed by atoms with Crippen molar-refractivity contribution in [3.8, 4) is 0 Å². The van der Waals surface area contributed by atoms with Crippen LogP contribution in [0.15, 0.2) is 6.20 Å². The van der Waals surface area contributed by atoms with Crippen molar-refractivity contribution in [3.63, 3.8) is 0 Å². The summed E-state index contributed by atoms with van der Waals surface area (Å²) in [6.45, 7) is 6.32. The van der Waals surface area contributed by atoms with Crippen molar-refractivity contribution in [1.29, 1.82) is 0 Å². The highest BCUT2D eigenvalue weighted by atomic mass is 16.3. The first-order valence-electron chi connectivity index (χ1n) is 5.96. The van der Waals surface area contributed by atoms with Crippen LogP contribution < -0.4 is 10.6 Å². The van der Waals surface area contributed by atoms with Crippen LogP contribution in [-0.2, 0) is 0 Å². The topological polar surface area (TPSA) is 70.1 Å². The van der Waals surface area contributed by atoms with Crippen LogP contribution in [0.5, 0.6) is 0 Å². The number of rotatable bonds is 6. The number of aromatic nitrogens is 2. The monoisotopic (exact) mass is 238 g/mol. The fraction of sp³-hybridized carbons (Fsp3) is 0.667. The lowest BCUT2D eigenvalue weighted by Gasteiger charge is -2.23. The van der Waals surface area contributed by atoms with Gasteiger partial charge in [-0.15, -0.1) is 0 Å². The van der Waals surface area contributed by atoms with E-state index in [1.165, 1.54) is 0 Å². The Balaban J connectivity index is 2.68. The summed E-state index contributed by atoms with van der Waals surface area (Å²) in [6.07, 6.45) is 3.48. The number of hydrogen-bond acceptors (Lipinski definition) is 5. The van der Waals surface area contributed by atoms with Crippen molar-refractivity contribution < 1.29 is 5.11 Å². The van der Waals surface area contributed by atoms with Gasteiger partial charge in [-0.3, -0.25) is 0 Å². The molecule has 5 heteroatoms. The molecule has 0 spiro atoms. The minimum Gasteiger partial charge on any atom is -0.388 e. The highest BCUT2D eigenvalue weighted by molar-refractivity contribution is 5.46. The largest absolute Gasteiger partial charge is 0.388 e. The smallest absolute Gasteiger partial charge is 0.224 e. The summed E-state index contributed by atoms with van der Waals surface area (Å²) in [6, 6.07) is 0. The van der Waals surface area contributed by atoms with Gasteiger partial charge in [-0.1, -0.05) is 13.3 Å². The summed E-state index contributed by atoms with van der Waals surface area (Å²) in [5.41, 5.74) is 0.266. The predicted octanol–water partition coefficient (Wildman–Crippen LogP) is 1.79. The zero-order valence-corrected chi connectivity index (χ0v) is 11.0. The van der Waals surface area contributed by atoms with Gasteiger partial charge in [0.1, 0.15) is 5.82 Å². The van der Waals surface area contributed by atoms with Gasteiger partial charge in [0.05, 0.1) is 5.60 Å². The average molecular weight is 238 g/mol. The second kappa shape index (κ2) is 5.82. The summed E-state index contributed by atoms with van der Waals surface area (Å²) in [5.74, 6) is 1.34. The maximum Gasteiger partial charge on any atom is 0.224 e. The van der Waals surface area contributed by atoms with Crippen molar-refractivity contribution in [2.75, 3.05) is 24.2 Å². The van der Waals surface area contributed by atoms with E-state index in [0.717, 1.165) is 24.2 Å². The number of nitrogens with zero attached hydrogens (tertiary/aromatic N) is 2. The van der Waals surface area contributed by atoms with Crippen LogP contribution in [0.1, 0.15) is 32.3 Å². The van der Waals surface area contributed by atoms with E-state index >= 15 is 0 Å². The SMILES string of the molecule is CCCC(C)(O)CNc1nc(NC)ncc1C. The Morgan fingerprint density at radius 1 is 1.47 bits per heavy atom. The Hall–Kier alpha value is -1.36. The molecule has 17 heavy (non-hydrogen) atoms. The van der Waals surface area contributed by atoms with Gasteiger partial charge < -0.3 is 15.7 Å². The molecule has 0 saturated heterocycles. The first-order chi connectivity index (χ1) is 7.98. The van der Waals surface area contributed by atoms with Crippen LogP contribution in [0, 0.1) is 6.92 Å². The van der Waals surface area contributed by atoms with Crippen LogP contribution in [-0.4, -0.2) is 34.3 Å². The maximum absolute atomic E-state index is 10.1. The van der Waals surface area contributed by atoms with Gasteiger partial charge in [0.2, 0.25) is 5.95 Å². The molecule has 5 nitrogen and oxygen atoms in total. The number of anilines is 2. The zero-order valence-electron chi connectivity index (χ0n) is 11.0. The number of hydrogen-bond donors (Lipinski definition) is 3. The molecule has 1 aromatic heterocycles. The van der Waals surface area contributed by atoms with E-state index in [1.807, 2.05) is 13.8 Å². The minimum absolute atomic E-state index is 0.488. The Kier molecular flexibility index (Phi) is 4.69. The standard InChI is InChI=1S/C12H22N4O/c1-5-6-12(3,17)8-15-10-9(2)7-14-11(13-4)16-10/h7,17H,5-6,8H2,1-4H3,(H2,13,14,15,16). The molecule has 3 N–H and O–H groups in total. The maximum atomic E-state index is 10.1. The highest BCUT2D eigenvalue weighted by Gasteiger charge is 2.19. The number of aryl methyl sites for hydroxylation is 1. The molecule has 0 aromatic carbocycles. The molecule has 1 atom stereocenters. The highest BCUT2D eigenvalue weighted by Crippen LogP contribution is 2.16. The Bertz CT molecular complexity index is 366. The fourth-order valence-corrected chi connectivity index (χ4v) is 1.64. The Labute approximate surface area is 103 Å². The molecule has 0 saturated carbocycles. The van der Waals surface area contributed by atoms with E-state index in [2.05, 4.69) is 27.5 Å². The molecular formula is C12H22N4O. The lowest BCUT2D eigenvalue weighted by atomic mass is 10.0. The quantitative estimate of drug-likeness (QED) is 0.705. The molecule has 1 aromatic rings. The molecule has 0 amide bonds. The lowest BCUT2D eigenvalue weighted by molar-refractivity contribution is 0.0636. The number of aliphatic hydroxyl groups is 1. The molecule has 0 fully saturated rings. The van der Waals surface area contributed by atoms with Gasteiger partial charge in [0.25, 0.3) is 0 Å². The van der Waals surface area contributed by atoms with E-state index in [0.29, 0.717) is 12.5 Å². The Morgan fingerprint density at radius 3 is 2.76 bits per heavy atom. The van der Waals surface area contributed by atoms with Crippen LogP contribution in [0.3, 0.4) is 0 Å². The molecule has 0 aliphatic rings. The summed E-state index contributed by atoms with van der Waals surface area (Å²) in [7, 11) is 1.78. The predicted molar refractivity (Wildman–Crippen MR) is 70.3 cm³/mol. The lowest BCUT2D eigenvalue weighted by Crippen LogP contribution is -2.33. The van der Waals surface area contributed by atoms with Crippen molar-refractivity contribution in [2.24, 2.45) is 0 Å². The van der Waals surface area contributed by atoms with Crippen molar-refractivity contribution >= 4 is 11.8 Å². The molecule has 0 bridgehead atoms. The van der Waals surface area contributed by atoms with Crippen LogP contribution >= 0.6 is 0 Å². The van der Waals surface area contributed by atoms with Crippen LogP contribution in [0.4, 0.5) is 11.8 Å². The molecule has 0 aliphatic carbocycles. The number of nitrogens with one attached hydrogen (secondary N) is 2. The van der Waals surface area contributed by atoms with E-state index in [1.54, 1.807) is 13.2 Å². The van der Waals surface area contributed by atoms with Gasteiger partial charge in [-0.05, 0) is 20.3 Å². The van der Waals surface area contributed by atoms with Gasteiger partial charge >= 0.3 is 0 Å². The molecule has 96 valence electrons. The molecule has 1 rings (SSSR count). The molecular weight excluding hydrogens is 216 g/mol. The third-order valence-corrected chi connectivity index (χ3v) is 2.62. The first-order valence-corrected chi connectivity index (χ1v) is 5.96.